The Kier molecular flexibility index (Phi) is 4.03. The van der Waals surface area contributed by atoms with Crippen LogP contribution in [0.15, 0.2) is 51.8 Å². The Morgan fingerprint density at radius 1 is 1.11 bits per heavy atom. The average Bonchev–Trinajstić information content (AvgIpc) is 2.35. The van der Waals surface area contributed by atoms with Crippen molar-refractivity contribution in [1.29, 1.82) is 0 Å². The van der Waals surface area contributed by atoms with Crippen LogP contribution in [0.5, 0.6) is 0 Å². The van der Waals surface area contributed by atoms with Crippen LogP contribution in [0, 0.1) is 0 Å². The molecule has 0 bridgehead atoms. The maximum absolute atomic E-state index is 12.2. The Balaban J connectivity index is 2.37. The molecule has 3 N–H and O–H groups in total. The van der Waals surface area contributed by atoms with Crippen LogP contribution in [0.1, 0.15) is 0 Å². The summed E-state index contributed by atoms with van der Waals surface area (Å²) in [5, 5.41) is 0.124. The minimum Gasteiger partial charge on any atom is -0.399 e. The molecular formula is C12H10BrClN2O2S. The van der Waals surface area contributed by atoms with E-state index in [1.54, 1.807) is 30.3 Å². The zero-order valence-corrected chi connectivity index (χ0v) is 12.8. The van der Waals surface area contributed by atoms with Gasteiger partial charge in [-0.05, 0) is 42.5 Å². The number of sulfonamides is 1. The second kappa shape index (κ2) is 5.40. The Morgan fingerprint density at radius 2 is 1.74 bits per heavy atom. The molecule has 100 valence electrons. The number of hydrogen-bond acceptors (Lipinski definition) is 3. The van der Waals surface area contributed by atoms with Gasteiger partial charge in [0.05, 0.1) is 5.02 Å². The minimum absolute atomic E-state index is 0.0444. The number of nitrogens with one attached hydrogen (secondary N) is 1. The van der Waals surface area contributed by atoms with E-state index in [4.69, 9.17) is 17.3 Å². The quantitative estimate of drug-likeness (QED) is 0.822. The predicted octanol–water partition coefficient (Wildman–Crippen LogP) is 3.49. The first kappa shape index (κ1) is 14.2. The maximum atomic E-state index is 12.2. The summed E-state index contributed by atoms with van der Waals surface area (Å²) < 4.78 is 27.7. The van der Waals surface area contributed by atoms with E-state index in [1.807, 2.05) is 0 Å². The molecule has 2 aromatic rings. The standard InChI is InChI=1S/C12H10BrClN2O2S/c13-8-1-4-10(5-2-8)16-19(17,18)12-7-9(15)3-6-11(12)14/h1-7,16H,15H2. The highest BCUT2D eigenvalue weighted by Gasteiger charge is 2.18. The normalized spacial score (nSPS) is 11.3. The van der Waals surface area contributed by atoms with Gasteiger partial charge in [-0.3, -0.25) is 4.72 Å². The first-order valence-corrected chi connectivity index (χ1v) is 7.87. The SMILES string of the molecule is Nc1ccc(Cl)c(S(=O)(=O)Nc2ccc(Br)cc2)c1. The molecule has 0 aliphatic heterocycles. The van der Waals surface area contributed by atoms with Crippen molar-refractivity contribution in [3.05, 3.63) is 52.0 Å². The third kappa shape index (κ3) is 3.40. The molecule has 19 heavy (non-hydrogen) atoms. The van der Waals surface area contributed by atoms with E-state index < -0.39 is 10.0 Å². The Bertz CT molecular complexity index is 702. The van der Waals surface area contributed by atoms with Gasteiger partial charge in [0.15, 0.2) is 0 Å². The van der Waals surface area contributed by atoms with Gasteiger partial charge in [-0.2, -0.15) is 0 Å². The molecule has 0 saturated carbocycles. The Labute approximate surface area is 124 Å². The Morgan fingerprint density at radius 3 is 2.37 bits per heavy atom. The number of halogens is 2. The van der Waals surface area contributed by atoms with Gasteiger partial charge < -0.3 is 5.73 Å². The lowest BCUT2D eigenvalue weighted by molar-refractivity contribution is 0.601. The summed E-state index contributed by atoms with van der Waals surface area (Å²) in [5.74, 6) is 0. The van der Waals surface area contributed by atoms with Crippen molar-refractivity contribution in [3.8, 4) is 0 Å². The monoisotopic (exact) mass is 360 g/mol. The van der Waals surface area contributed by atoms with Gasteiger partial charge >= 0.3 is 0 Å². The summed E-state index contributed by atoms with van der Waals surface area (Å²) in [6.07, 6.45) is 0. The van der Waals surface area contributed by atoms with Crippen LogP contribution in [-0.2, 0) is 10.0 Å². The topological polar surface area (TPSA) is 72.2 Å². The zero-order valence-electron chi connectivity index (χ0n) is 9.60. The molecule has 0 fully saturated rings. The van der Waals surface area contributed by atoms with E-state index in [-0.39, 0.29) is 9.92 Å². The highest BCUT2D eigenvalue weighted by atomic mass is 79.9. The number of nitrogen functional groups attached to an aromatic ring is 1. The number of hydrogen-bond donors (Lipinski definition) is 2. The third-order valence-corrected chi connectivity index (χ3v) is 4.73. The lowest BCUT2D eigenvalue weighted by atomic mass is 10.3. The number of anilines is 2. The summed E-state index contributed by atoms with van der Waals surface area (Å²) >= 11 is 9.17. The molecule has 0 radical (unpaired) electrons. The van der Waals surface area contributed by atoms with Crippen molar-refractivity contribution in [1.82, 2.24) is 0 Å². The van der Waals surface area contributed by atoms with E-state index in [1.165, 1.54) is 12.1 Å². The van der Waals surface area contributed by atoms with Crippen LogP contribution in [0.2, 0.25) is 5.02 Å². The van der Waals surface area contributed by atoms with E-state index in [9.17, 15) is 8.42 Å². The van der Waals surface area contributed by atoms with Gasteiger partial charge in [-0.25, -0.2) is 8.42 Å². The molecule has 0 unspecified atom stereocenters. The van der Waals surface area contributed by atoms with Crippen LogP contribution in [0.3, 0.4) is 0 Å². The van der Waals surface area contributed by atoms with Crippen LogP contribution in [0.4, 0.5) is 11.4 Å². The van der Waals surface area contributed by atoms with Gasteiger partial charge in [0.25, 0.3) is 10.0 Å². The molecule has 0 aromatic heterocycles. The molecule has 0 atom stereocenters. The molecule has 0 spiro atoms. The van der Waals surface area contributed by atoms with Crippen molar-refractivity contribution in [2.24, 2.45) is 0 Å². The van der Waals surface area contributed by atoms with E-state index >= 15 is 0 Å². The summed E-state index contributed by atoms with van der Waals surface area (Å²) in [6.45, 7) is 0. The fraction of sp³-hybridized carbons (Fsp3) is 0. The fourth-order valence-electron chi connectivity index (χ4n) is 1.45. The second-order valence-electron chi connectivity index (χ2n) is 3.80. The number of nitrogens with two attached hydrogens (primary N) is 1. The first-order chi connectivity index (χ1) is 8.88. The van der Waals surface area contributed by atoms with Crippen molar-refractivity contribution in [3.63, 3.8) is 0 Å². The van der Waals surface area contributed by atoms with Gasteiger partial charge in [-0.1, -0.05) is 27.5 Å². The van der Waals surface area contributed by atoms with Gasteiger partial charge in [0.1, 0.15) is 4.90 Å². The largest absolute Gasteiger partial charge is 0.399 e. The van der Waals surface area contributed by atoms with E-state index in [2.05, 4.69) is 20.7 Å². The van der Waals surface area contributed by atoms with Crippen molar-refractivity contribution in [2.75, 3.05) is 10.5 Å². The number of benzene rings is 2. The van der Waals surface area contributed by atoms with Crippen LogP contribution in [0.25, 0.3) is 0 Å². The molecular weight excluding hydrogens is 352 g/mol. The predicted molar refractivity (Wildman–Crippen MR) is 80.8 cm³/mol. The zero-order chi connectivity index (χ0) is 14.0. The molecule has 0 aliphatic rings. The van der Waals surface area contributed by atoms with Crippen LogP contribution < -0.4 is 10.5 Å². The summed E-state index contributed by atoms with van der Waals surface area (Å²) in [6, 6.07) is 11.1. The lowest BCUT2D eigenvalue weighted by Crippen LogP contribution is -2.13. The van der Waals surface area contributed by atoms with Gasteiger partial charge in [0, 0.05) is 15.8 Å². The van der Waals surface area contributed by atoms with Gasteiger partial charge in [-0.15, -0.1) is 0 Å². The Hall–Kier alpha value is -1.24. The smallest absolute Gasteiger partial charge is 0.263 e. The van der Waals surface area contributed by atoms with Gasteiger partial charge in [0.2, 0.25) is 0 Å². The summed E-state index contributed by atoms with van der Waals surface area (Å²) in [5.41, 5.74) is 6.36. The molecule has 0 aliphatic carbocycles. The molecule has 4 nitrogen and oxygen atoms in total. The van der Waals surface area contributed by atoms with Crippen molar-refractivity contribution < 1.29 is 8.42 Å². The fourth-order valence-corrected chi connectivity index (χ4v) is 3.31. The van der Waals surface area contributed by atoms with Crippen molar-refractivity contribution >= 4 is 48.9 Å². The minimum atomic E-state index is -3.76. The van der Waals surface area contributed by atoms with Crippen molar-refractivity contribution in [2.45, 2.75) is 4.90 Å². The molecule has 2 rings (SSSR count). The second-order valence-corrected chi connectivity index (χ2v) is 6.78. The highest BCUT2D eigenvalue weighted by molar-refractivity contribution is 9.10. The molecule has 0 saturated heterocycles. The number of rotatable bonds is 3. The van der Waals surface area contributed by atoms with Crippen LogP contribution in [-0.4, -0.2) is 8.42 Å². The molecule has 2 aromatic carbocycles. The molecule has 7 heteroatoms. The highest BCUT2D eigenvalue weighted by Crippen LogP contribution is 2.26. The first-order valence-electron chi connectivity index (χ1n) is 5.22. The molecule has 0 amide bonds. The third-order valence-electron chi connectivity index (χ3n) is 2.34. The lowest BCUT2D eigenvalue weighted by Gasteiger charge is -2.10. The average molecular weight is 362 g/mol. The van der Waals surface area contributed by atoms with E-state index in [0.717, 1.165) is 4.47 Å². The van der Waals surface area contributed by atoms with E-state index in [0.29, 0.717) is 11.4 Å². The molecule has 0 heterocycles. The summed E-state index contributed by atoms with van der Waals surface area (Å²) in [4.78, 5) is -0.0444. The van der Waals surface area contributed by atoms with Crippen LogP contribution >= 0.6 is 27.5 Å². The maximum Gasteiger partial charge on any atom is 0.263 e. The summed E-state index contributed by atoms with van der Waals surface area (Å²) in [7, 11) is -3.76.